The predicted octanol–water partition coefficient (Wildman–Crippen LogP) is 2.39. The lowest BCUT2D eigenvalue weighted by Crippen LogP contribution is -2.40. The minimum absolute atomic E-state index is 0.0877. The molecule has 36 heavy (non-hydrogen) atoms. The molecule has 1 aliphatic heterocycles. The van der Waals surface area contributed by atoms with Crippen molar-refractivity contribution in [1.29, 1.82) is 0 Å². The number of sulfonamides is 1. The summed E-state index contributed by atoms with van der Waals surface area (Å²) in [4.78, 5) is 24.1. The first-order chi connectivity index (χ1) is 16.7. The lowest BCUT2D eigenvalue weighted by Gasteiger charge is -2.34. The van der Waals surface area contributed by atoms with Crippen molar-refractivity contribution in [1.82, 2.24) is 14.7 Å². The molecule has 1 atom stereocenters. The summed E-state index contributed by atoms with van der Waals surface area (Å²) in [5.41, 5.74) is -1.28. The summed E-state index contributed by atoms with van der Waals surface area (Å²) in [5.74, 6) is 0.0161. The summed E-state index contributed by atoms with van der Waals surface area (Å²) >= 11 is 0. The first kappa shape index (κ1) is 26.5. The van der Waals surface area contributed by atoms with Crippen LogP contribution >= 0.6 is 0 Å². The first-order valence-corrected chi connectivity index (χ1v) is 13.6. The number of aromatic nitrogens is 2. The molecule has 3 heterocycles. The Bertz CT molecular complexity index is 1240. The zero-order valence-corrected chi connectivity index (χ0v) is 22.0. The minimum atomic E-state index is -3.88. The maximum absolute atomic E-state index is 13.3. The third-order valence-corrected chi connectivity index (χ3v) is 8.40. The molecule has 196 valence electrons. The summed E-state index contributed by atoms with van der Waals surface area (Å²) in [6.45, 7) is 7.62. The average Bonchev–Trinajstić information content (AvgIpc) is 3.56. The highest BCUT2D eigenvalue weighted by Gasteiger charge is 2.45. The molecule has 1 spiro atoms. The maximum atomic E-state index is 13.3. The van der Waals surface area contributed by atoms with Gasteiger partial charge in [-0.3, -0.25) is 4.79 Å². The molecular formula is C25H35N5O5S. The Labute approximate surface area is 212 Å². The fourth-order valence-electron chi connectivity index (χ4n) is 4.39. The van der Waals surface area contributed by atoms with Crippen molar-refractivity contribution >= 4 is 27.6 Å². The molecule has 2 fully saturated rings. The van der Waals surface area contributed by atoms with Crippen molar-refractivity contribution in [2.45, 2.75) is 69.5 Å². The van der Waals surface area contributed by atoms with E-state index < -0.39 is 33.7 Å². The number of nitrogens with zero attached hydrogens (tertiary/aromatic N) is 3. The normalized spacial score (nSPS) is 19.1. The molecule has 1 amide bonds. The number of aliphatic hydroxyl groups excluding tert-OH is 1. The lowest BCUT2D eigenvalue weighted by atomic mass is 9.93. The Balaban J connectivity index is 1.62. The van der Waals surface area contributed by atoms with Crippen LogP contribution < -0.4 is 14.9 Å². The standard InChI is InChI=1S/C25H35N5O5S/c1-23(2,3)29-36(34,35)20-7-5-6-19(27-20)28-22(32)17-8-9-18(24(4,33)16-31)26-21(17)30-14-12-25(10-11-25)13-15-30/h5-9,29,31,33H,10-16H2,1-4H3,(H,27,28,32)/t24-/m0/s1. The van der Waals surface area contributed by atoms with Gasteiger partial charge in [-0.15, -0.1) is 0 Å². The van der Waals surface area contributed by atoms with Crippen LogP contribution in [-0.4, -0.2) is 59.7 Å². The molecule has 4 N–H and O–H groups in total. The van der Waals surface area contributed by atoms with Crippen molar-refractivity contribution in [3.8, 4) is 0 Å². The van der Waals surface area contributed by atoms with Gasteiger partial charge in [0.25, 0.3) is 15.9 Å². The Morgan fingerprint density at radius 1 is 1.06 bits per heavy atom. The van der Waals surface area contributed by atoms with Crippen LogP contribution in [0.5, 0.6) is 0 Å². The number of pyridine rings is 2. The number of carbonyl (C=O) groups is 1. The second-order valence-electron chi connectivity index (χ2n) is 11.2. The third-order valence-electron chi connectivity index (χ3n) is 6.74. The first-order valence-electron chi connectivity index (χ1n) is 12.2. The molecular weight excluding hydrogens is 482 g/mol. The predicted molar refractivity (Wildman–Crippen MR) is 136 cm³/mol. The molecule has 0 radical (unpaired) electrons. The Morgan fingerprint density at radius 3 is 2.31 bits per heavy atom. The summed E-state index contributed by atoms with van der Waals surface area (Å²) in [7, 11) is -3.88. The largest absolute Gasteiger partial charge is 0.393 e. The second kappa shape index (κ2) is 9.37. The second-order valence-corrected chi connectivity index (χ2v) is 12.8. The summed E-state index contributed by atoms with van der Waals surface area (Å²) in [6, 6.07) is 7.48. The van der Waals surface area contributed by atoms with Crippen molar-refractivity contribution < 1.29 is 23.4 Å². The quantitative estimate of drug-likeness (QED) is 0.438. The van der Waals surface area contributed by atoms with E-state index in [9.17, 15) is 23.4 Å². The van der Waals surface area contributed by atoms with Gasteiger partial charge in [0.05, 0.1) is 17.9 Å². The average molecular weight is 518 g/mol. The van der Waals surface area contributed by atoms with Gasteiger partial charge < -0.3 is 20.4 Å². The van der Waals surface area contributed by atoms with Crippen molar-refractivity contribution in [3.63, 3.8) is 0 Å². The smallest absolute Gasteiger partial charge is 0.260 e. The number of anilines is 2. The number of hydrogen-bond donors (Lipinski definition) is 4. The fraction of sp³-hybridized carbons (Fsp3) is 0.560. The van der Waals surface area contributed by atoms with E-state index in [0.717, 1.165) is 25.9 Å². The van der Waals surface area contributed by atoms with Crippen LogP contribution in [0, 0.1) is 5.41 Å². The van der Waals surface area contributed by atoms with Gasteiger partial charge in [0.15, 0.2) is 5.03 Å². The van der Waals surface area contributed by atoms with E-state index in [0.29, 0.717) is 11.2 Å². The van der Waals surface area contributed by atoms with Crippen LogP contribution in [0.4, 0.5) is 11.6 Å². The molecule has 0 aromatic carbocycles. The topological polar surface area (TPSA) is 145 Å². The van der Waals surface area contributed by atoms with E-state index >= 15 is 0 Å². The van der Waals surface area contributed by atoms with Gasteiger partial charge in [0, 0.05) is 18.6 Å². The number of piperidine rings is 1. The number of hydrogen-bond acceptors (Lipinski definition) is 8. The minimum Gasteiger partial charge on any atom is -0.393 e. The number of carbonyl (C=O) groups excluding carboxylic acids is 1. The highest BCUT2D eigenvalue weighted by atomic mass is 32.2. The zero-order valence-electron chi connectivity index (χ0n) is 21.2. The molecule has 10 nitrogen and oxygen atoms in total. The molecule has 2 aliphatic rings. The number of rotatable bonds is 7. The van der Waals surface area contributed by atoms with Crippen LogP contribution in [0.2, 0.25) is 0 Å². The van der Waals surface area contributed by atoms with E-state index in [1.54, 1.807) is 26.8 Å². The van der Waals surface area contributed by atoms with Crippen molar-refractivity contribution in [3.05, 3.63) is 41.6 Å². The summed E-state index contributed by atoms with van der Waals surface area (Å²) in [6.07, 6.45) is 4.49. The Morgan fingerprint density at radius 2 is 1.72 bits per heavy atom. The van der Waals surface area contributed by atoms with Crippen LogP contribution in [0.3, 0.4) is 0 Å². The van der Waals surface area contributed by atoms with E-state index in [2.05, 4.69) is 20.0 Å². The molecule has 11 heteroatoms. The van der Waals surface area contributed by atoms with Crippen LogP contribution in [0.1, 0.15) is 69.4 Å². The highest BCUT2D eigenvalue weighted by Crippen LogP contribution is 2.54. The molecule has 2 aromatic heterocycles. The molecule has 1 saturated carbocycles. The Kier molecular flexibility index (Phi) is 6.89. The third kappa shape index (κ3) is 5.86. The van der Waals surface area contributed by atoms with Crippen molar-refractivity contribution in [2.75, 3.05) is 29.9 Å². The van der Waals surface area contributed by atoms with Gasteiger partial charge in [0.2, 0.25) is 0 Å². The summed E-state index contributed by atoms with van der Waals surface area (Å²) in [5, 5.41) is 22.7. The number of nitrogens with one attached hydrogen (secondary N) is 2. The van der Waals surface area contributed by atoms with Crippen molar-refractivity contribution in [2.24, 2.45) is 5.41 Å². The fourth-order valence-corrected chi connectivity index (χ4v) is 5.78. The monoisotopic (exact) mass is 517 g/mol. The molecule has 0 unspecified atom stereocenters. The van der Waals surface area contributed by atoms with Gasteiger partial charge in [-0.25, -0.2) is 23.1 Å². The van der Waals surface area contributed by atoms with E-state index in [1.807, 2.05) is 4.90 Å². The molecule has 2 aromatic rings. The van der Waals surface area contributed by atoms with Crippen LogP contribution in [0.15, 0.2) is 35.4 Å². The molecule has 1 saturated heterocycles. The molecule has 1 aliphatic carbocycles. The van der Waals surface area contributed by atoms with Gasteiger partial charge >= 0.3 is 0 Å². The van der Waals surface area contributed by atoms with Gasteiger partial charge in [-0.1, -0.05) is 6.07 Å². The van der Waals surface area contributed by atoms with E-state index in [4.69, 9.17) is 0 Å². The van der Waals surface area contributed by atoms with E-state index in [1.165, 1.54) is 44.0 Å². The zero-order chi connectivity index (χ0) is 26.4. The number of aliphatic hydroxyl groups is 2. The lowest BCUT2D eigenvalue weighted by molar-refractivity contribution is -0.00581. The SMILES string of the molecule is CC(C)(C)NS(=O)(=O)c1cccc(NC(=O)c2ccc([C@@](C)(O)CO)nc2N2CCC3(CC2)CC3)n1. The summed E-state index contributed by atoms with van der Waals surface area (Å²) < 4.78 is 27.9. The van der Waals surface area contributed by atoms with E-state index in [-0.39, 0.29) is 22.1 Å². The number of amides is 1. The van der Waals surface area contributed by atoms with Crippen LogP contribution in [-0.2, 0) is 15.6 Å². The maximum Gasteiger partial charge on any atom is 0.260 e. The molecule has 0 bridgehead atoms. The van der Waals surface area contributed by atoms with Gasteiger partial charge in [-0.05, 0) is 83.1 Å². The van der Waals surface area contributed by atoms with Gasteiger partial charge in [0.1, 0.15) is 17.2 Å². The molecule has 4 rings (SSSR count). The highest BCUT2D eigenvalue weighted by molar-refractivity contribution is 7.89. The van der Waals surface area contributed by atoms with Crippen LogP contribution in [0.25, 0.3) is 0 Å². The van der Waals surface area contributed by atoms with Gasteiger partial charge in [-0.2, -0.15) is 0 Å². The Hall–Kier alpha value is -2.60.